The Balaban J connectivity index is 2.30. The smallest absolute Gasteiger partial charge is 0.161 e. The molecule has 4 heteroatoms. The van der Waals surface area contributed by atoms with Crippen LogP contribution in [0, 0.1) is 0 Å². The number of aliphatic hydroxyl groups excluding tert-OH is 1. The minimum atomic E-state index is -0.724. The maximum atomic E-state index is 10.4. The first-order valence-electron chi connectivity index (χ1n) is 6.73. The average molecular weight is 273 g/mol. The molecule has 1 atom stereocenters. The summed E-state index contributed by atoms with van der Waals surface area (Å²) >= 11 is 0. The van der Waals surface area contributed by atoms with Crippen molar-refractivity contribution in [3.8, 4) is 11.5 Å². The molecule has 1 aromatic carbocycles. The Morgan fingerprint density at radius 3 is 2.45 bits per heavy atom. The average Bonchev–Trinajstić information content (AvgIpc) is 2.50. The van der Waals surface area contributed by atoms with Crippen LogP contribution >= 0.6 is 0 Å². The van der Waals surface area contributed by atoms with Gasteiger partial charge in [-0.2, -0.15) is 0 Å². The molecule has 0 aliphatic heterocycles. The second kappa shape index (κ2) is 6.91. The van der Waals surface area contributed by atoms with Gasteiger partial charge in [-0.15, -0.1) is 0 Å². The van der Waals surface area contributed by atoms with Crippen LogP contribution in [0.4, 0.5) is 0 Å². The highest BCUT2D eigenvalue weighted by Crippen LogP contribution is 2.32. The van der Waals surface area contributed by atoms with Gasteiger partial charge in [0.25, 0.3) is 0 Å². The summed E-state index contributed by atoms with van der Waals surface area (Å²) in [4.78, 5) is 4.02. The summed E-state index contributed by atoms with van der Waals surface area (Å²) in [6.07, 6.45) is 2.61. The highest BCUT2D eigenvalue weighted by molar-refractivity contribution is 5.45. The lowest BCUT2D eigenvalue weighted by atomic mass is 10.0. The Morgan fingerprint density at radius 2 is 1.80 bits per heavy atom. The fraction of sp³-hybridized carbons (Fsp3) is 0.312. The van der Waals surface area contributed by atoms with Gasteiger partial charge in [-0.25, -0.2) is 0 Å². The van der Waals surface area contributed by atoms with Crippen molar-refractivity contribution in [1.82, 2.24) is 4.98 Å². The standard InChI is InChI=1S/C16H19NO3/c1-3-19-14-8-7-12(10-15(14)20-4-2)16(18)13-6-5-9-17-11-13/h5-11,16,18H,3-4H2,1-2H3. The number of hydrogen-bond acceptors (Lipinski definition) is 4. The van der Waals surface area contributed by atoms with Gasteiger partial charge in [-0.3, -0.25) is 4.98 Å². The SMILES string of the molecule is CCOc1ccc(C(O)c2cccnc2)cc1OCC. The van der Waals surface area contributed by atoms with Gasteiger partial charge in [0.2, 0.25) is 0 Å². The van der Waals surface area contributed by atoms with E-state index in [-0.39, 0.29) is 0 Å². The van der Waals surface area contributed by atoms with Crippen LogP contribution in [0.2, 0.25) is 0 Å². The number of benzene rings is 1. The van der Waals surface area contributed by atoms with Gasteiger partial charge in [0.15, 0.2) is 11.5 Å². The summed E-state index contributed by atoms with van der Waals surface area (Å²) in [5.74, 6) is 1.34. The maximum Gasteiger partial charge on any atom is 0.161 e. The predicted molar refractivity (Wildman–Crippen MR) is 77.1 cm³/mol. The Hall–Kier alpha value is -2.07. The molecule has 0 saturated carbocycles. The number of nitrogens with zero attached hydrogens (tertiary/aromatic N) is 1. The molecular weight excluding hydrogens is 254 g/mol. The van der Waals surface area contributed by atoms with E-state index in [9.17, 15) is 5.11 Å². The maximum absolute atomic E-state index is 10.4. The molecule has 1 N–H and O–H groups in total. The molecule has 0 spiro atoms. The van der Waals surface area contributed by atoms with Crippen molar-refractivity contribution in [3.63, 3.8) is 0 Å². The molecule has 4 nitrogen and oxygen atoms in total. The van der Waals surface area contributed by atoms with E-state index in [0.29, 0.717) is 24.7 Å². The summed E-state index contributed by atoms with van der Waals surface area (Å²) in [6, 6.07) is 9.12. The van der Waals surface area contributed by atoms with Gasteiger partial charge >= 0.3 is 0 Å². The lowest BCUT2D eigenvalue weighted by Gasteiger charge is -2.15. The molecule has 0 radical (unpaired) electrons. The summed E-state index contributed by atoms with van der Waals surface area (Å²) in [5, 5.41) is 10.4. The molecule has 2 rings (SSSR count). The summed E-state index contributed by atoms with van der Waals surface area (Å²) in [6.45, 7) is 4.96. The Labute approximate surface area is 119 Å². The van der Waals surface area contributed by atoms with Crippen molar-refractivity contribution in [1.29, 1.82) is 0 Å². The lowest BCUT2D eigenvalue weighted by Crippen LogP contribution is -2.03. The highest BCUT2D eigenvalue weighted by Gasteiger charge is 2.14. The zero-order valence-corrected chi connectivity index (χ0v) is 11.7. The van der Waals surface area contributed by atoms with Gasteiger partial charge in [-0.05, 0) is 37.6 Å². The monoisotopic (exact) mass is 273 g/mol. The molecular formula is C16H19NO3. The first-order chi connectivity index (χ1) is 9.76. The molecule has 1 heterocycles. The summed E-state index contributed by atoms with van der Waals surface area (Å²) in [7, 11) is 0. The first-order valence-corrected chi connectivity index (χ1v) is 6.73. The van der Waals surface area contributed by atoms with Crippen LogP contribution in [0.5, 0.6) is 11.5 Å². The Kier molecular flexibility index (Phi) is 4.96. The molecule has 0 amide bonds. The zero-order chi connectivity index (χ0) is 14.4. The largest absolute Gasteiger partial charge is 0.490 e. The van der Waals surface area contributed by atoms with E-state index in [1.165, 1.54) is 0 Å². The van der Waals surface area contributed by atoms with Gasteiger partial charge in [0, 0.05) is 18.0 Å². The third kappa shape index (κ3) is 3.27. The molecule has 1 aromatic heterocycles. The zero-order valence-electron chi connectivity index (χ0n) is 11.7. The summed E-state index contributed by atoms with van der Waals surface area (Å²) < 4.78 is 11.1. The van der Waals surface area contributed by atoms with Crippen LogP contribution in [0.25, 0.3) is 0 Å². The minimum Gasteiger partial charge on any atom is -0.490 e. The van der Waals surface area contributed by atoms with Crippen LogP contribution in [0.3, 0.4) is 0 Å². The van der Waals surface area contributed by atoms with Gasteiger partial charge in [0.05, 0.1) is 13.2 Å². The van der Waals surface area contributed by atoms with E-state index in [4.69, 9.17) is 9.47 Å². The third-order valence-corrected chi connectivity index (χ3v) is 2.88. The van der Waals surface area contributed by atoms with E-state index < -0.39 is 6.10 Å². The molecule has 0 aliphatic carbocycles. The van der Waals surface area contributed by atoms with E-state index in [1.54, 1.807) is 18.5 Å². The Morgan fingerprint density at radius 1 is 1.05 bits per heavy atom. The molecule has 106 valence electrons. The molecule has 2 aromatic rings. The van der Waals surface area contributed by atoms with Gasteiger partial charge < -0.3 is 14.6 Å². The molecule has 0 saturated heterocycles. The van der Waals surface area contributed by atoms with Crippen LogP contribution < -0.4 is 9.47 Å². The van der Waals surface area contributed by atoms with Crippen LogP contribution in [0.1, 0.15) is 31.1 Å². The second-order valence-electron chi connectivity index (χ2n) is 4.26. The molecule has 1 unspecified atom stereocenters. The Bertz CT molecular complexity index is 543. The first kappa shape index (κ1) is 14.3. The fourth-order valence-corrected chi connectivity index (χ4v) is 1.97. The number of pyridine rings is 1. The van der Waals surface area contributed by atoms with E-state index in [1.807, 2.05) is 38.1 Å². The van der Waals surface area contributed by atoms with Crippen LogP contribution in [-0.4, -0.2) is 23.3 Å². The molecule has 0 aliphatic rings. The normalized spacial score (nSPS) is 11.9. The lowest BCUT2D eigenvalue weighted by molar-refractivity contribution is 0.218. The van der Waals surface area contributed by atoms with Crippen molar-refractivity contribution in [2.24, 2.45) is 0 Å². The van der Waals surface area contributed by atoms with E-state index >= 15 is 0 Å². The van der Waals surface area contributed by atoms with Gasteiger partial charge in [0.1, 0.15) is 6.10 Å². The van der Waals surface area contributed by atoms with E-state index in [0.717, 1.165) is 11.1 Å². The second-order valence-corrected chi connectivity index (χ2v) is 4.26. The van der Waals surface area contributed by atoms with E-state index in [2.05, 4.69) is 4.98 Å². The number of hydrogen-bond donors (Lipinski definition) is 1. The topological polar surface area (TPSA) is 51.6 Å². The predicted octanol–water partition coefficient (Wildman–Crippen LogP) is 2.96. The number of aliphatic hydroxyl groups is 1. The van der Waals surface area contributed by atoms with Crippen molar-refractivity contribution in [3.05, 3.63) is 53.9 Å². The summed E-state index contributed by atoms with van der Waals surface area (Å²) in [5.41, 5.74) is 1.50. The van der Waals surface area contributed by atoms with Crippen molar-refractivity contribution in [2.45, 2.75) is 20.0 Å². The quantitative estimate of drug-likeness (QED) is 0.879. The van der Waals surface area contributed by atoms with Crippen LogP contribution in [0.15, 0.2) is 42.7 Å². The van der Waals surface area contributed by atoms with Crippen molar-refractivity contribution in [2.75, 3.05) is 13.2 Å². The minimum absolute atomic E-state index is 0.548. The molecule has 0 fully saturated rings. The van der Waals surface area contributed by atoms with Crippen LogP contribution in [-0.2, 0) is 0 Å². The van der Waals surface area contributed by atoms with Gasteiger partial charge in [-0.1, -0.05) is 12.1 Å². The molecule has 20 heavy (non-hydrogen) atoms. The highest BCUT2D eigenvalue weighted by atomic mass is 16.5. The van der Waals surface area contributed by atoms with Crippen molar-refractivity contribution < 1.29 is 14.6 Å². The fourth-order valence-electron chi connectivity index (χ4n) is 1.97. The number of rotatable bonds is 6. The molecule has 0 bridgehead atoms. The van der Waals surface area contributed by atoms with Crippen molar-refractivity contribution >= 4 is 0 Å². The number of ether oxygens (including phenoxy) is 2. The third-order valence-electron chi connectivity index (χ3n) is 2.88. The number of aromatic nitrogens is 1.